The molecular weight excluding hydrogens is 238 g/mol. The van der Waals surface area contributed by atoms with Gasteiger partial charge in [0, 0.05) is 65.1 Å². The number of likely N-dealkylation sites (N-methyl/N-ethyl adjacent to an activating group) is 1. The summed E-state index contributed by atoms with van der Waals surface area (Å²) in [5, 5.41) is 0. The molecule has 2 aliphatic heterocycles. The first kappa shape index (κ1) is 13.1. The molecule has 0 radical (unpaired) electrons. The maximum atomic E-state index is 4.40. The average Bonchev–Trinajstić information content (AvgIpc) is 2.79. The van der Waals surface area contributed by atoms with Crippen LogP contribution in [0.15, 0.2) is 12.5 Å². The highest BCUT2D eigenvalue weighted by Gasteiger charge is 2.33. The van der Waals surface area contributed by atoms with Gasteiger partial charge in [-0.05, 0) is 6.54 Å². The molecule has 0 aliphatic carbocycles. The molecule has 0 unspecified atom stereocenters. The molecule has 19 heavy (non-hydrogen) atoms. The van der Waals surface area contributed by atoms with Crippen LogP contribution in [0, 0.1) is 0 Å². The van der Waals surface area contributed by atoms with Gasteiger partial charge in [0.1, 0.15) is 0 Å². The topological polar surface area (TPSA) is 27.5 Å². The summed E-state index contributed by atoms with van der Waals surface area (Å²) >= 11 is 0. The molecule has 5 heteroatoms. The molecule has 2 fully saturated rings. The summed E-state index contributed by atoms with van der Waals surface area (Å²) < 4.78 is 2.02. The van der Waals surface area contributed by atoms with Crippen molar-refractivity contribution in [3.05, 3.63) is 18.2 Å². The molecule has 0 spiro atoms. The van der Waals surface area contributed by atoms with E-state index in [4.69, 9.17) is 0 Å². The van der Waals surface area contributed by atoms with Gasteiger partial charge in [0.2, 0.25) is 0 Å². The monoisotopic (exact) mass is 263 g/mol. The van der Waals surface area contributed by atoms with Crippen molar-refractivity contribution in [3.8, 4) is 0 Å². The van der Waals surface area contributed by atoms with E-state index in [0.29, 0.717) is 0 Å². The molecule has 0 amide bonds. The molecule has 3 rings (SSSR count). The maximum absolute atomic E-state index is 4.40. The van der Waals surface area contributed by atoms with Crippen molar-refractivity contribution >= 4 is 0 Å². The molecule has 1 aromatic rings. The quantitative estimate of drug-likeness (QED) is 0.778. The third-order valence-corrected chi connectivity index (χ3v) is 4.45. The summed E-state index contributed by atoms with van der Waals surface area (Å²) in [6, 6.07) is 0.780. The minimum Gasteiger partial charge on any atom is -0.340 e. The summed E-state index contributed by atoms with van der Waals surface area (Å²) in [6.07, 6.45) is 4.00. The Labute approximate surface area is 115 Å². The van der Waals surface area contributed by atoms with Crippen LogP contribution in [0.5, 0.6) is 0 Å². The third-order valence-electron chi connectivity index (χ3n) is 4.45. The summed E-state index contributed by atoms with van der Waals surface area (Å²) in [5.41, 5.74) is 1.19. The fourth-order valence-electron chi connectivity index (χ4n) is 3.13. The predicted molar refractivity (Wildman–Crippen MR) is 76.0 cm³/mol. The van der Waals surface area contributed by atoms with E-state index in [0.717, 1.165) is 12.6 Å². The molecule has 2 aliphatic rings. The van der Waals surface area contributed by atoms with E-state index in [1.54, 1.807) is 0 Å². The zero-order valence-electron chi connectivity index (χ0n) is 12.1. The lowest BCUT2D eigenvalue weighted by molar-refractivity contribution is 0.00162. The number of imidazole rings is 1. The normalized spacial score (nSPS) is 23.7. The average molecular weight is 263 g/mol. The van der Waals surface area contributed by atoms with Gasteiger partial charge in [-0.3, -0.25) is 9.80 Å². The molecule has 0 N–H and O–H groups in total. The van der Waals surface area contributed by atoms with Gasteiger partial charge in [-0.25, -0.2) is 4.98 Å². The van der Waals surface area contributed by atoms with E-state index in [-0.39, 0.29) is 0 Å². The lowest BCUT2D eigenvalue weighted by Gasteiger charge is -2.48. The van der Waals surface area contributed by atoms with Crippen LogP contribution < -0.4 is 0 Å². The summed E-state index contributed by atoms with van der Waals surface area (Å²) in [5.74, 6) is 0. The molecule has 0 saturated carbocycles. The van der Waals surface area contributed by atoms with Gasteiger partial charge in [0.15, 0.2) is 0 Å². The number of aromatic nitrogens is 2. The van der Waals surface area contributed by atoms with E-state index in [1.165, 1.54) is 51.5 Å². The highest BCUT2D eigenvalue weighted by Crippen LogP contribution is 2.18. The Kier molecular flexibility index (Phi) is 3.86. The number of hydrogen-bond donors (Lipinski definition) is 0. The Morgan fingerprint density at radius 1 is 1.16 bits per heavy atom. The van der Waals surface area contributed by atoms with Crippen LogP contribution in [-0.2, 0) is 13.6 Å². The maximum Gasteiger partial charge on any atom is 0.0947 e. The van der Waals surface area contributed by atoms with Crippen LogP contribution in [0.2, 0.25) is 0 Å². The van der Waals surface area contributed by atoms with Crippen molar-refractivity contribution in [2.24, 2.45) is 7.05 Å². The Balaban J connectivity index is 1.41. The van der Waals surface area contributed by atoms with Gasteiger partial charge in [0.25, 0.3) is 0 Å². The van der Waals surface area contributed by atoms with Crippen LogP contribution in [0.1, 0.15) is 12.6 Å². The Bertz CT molecular complexity index is 402. The SMILES string of the molecule is CCN1CCN(C2CN(Cc3cn(C)cn3)C2)CC1. The van der Waals surface area contributed by atoms with Crippen molar-refractivity contribution in [2.75, 3.05) is 45.8 Å². The zero-order valence-corrected chi connectivity index (χ0v) is 12.1. The smallest absolute Gasteiger partial charge is 0.0947 e. The number of likely N-dealkylation sites (tertiary alicyclic amines) is 1. The molecular formula is C14H25N5. The fraction of sp³-hybridized carbons (Fsp3) is 0.786. The van der Waals surface area contributed by atoms with Crippen LogP contribution in [0.25, 0.3) is 0 Å². The first-order valence-electron chi connectivity index (χ1n) is 7.40. The molecule has 3 heterocycles. The Morgan fingerprint density at radius 2 is 1.89 bits per heavy atom. The molecule has 2 saturated heterocycles. The van der Waals surface area contributed by atoms with Crippen LogP contribution in [0.4, 0.5) is 0 Å². The second-order valence-electron chi connectivity index (χ2n) is 5.85. The zero-order chi connectivity index (χ0) is 13.2. The van der Waals surface area contributed by atoms with E-state index < -0.39 is 0 Å². The lowest BCUT2D eigenvalue weighted by atomic mass is 10.1. The second kappa shape index (κ2) is 5.61. The molecule has 1 aromatic heterocycles. The standard InChI is InChI=1S/C14H25N5/c1-3-17-4-6-19(7-5-17)14-10-18(11-14)9-13-8-16(2)12-15-13/h8,12,14H,3-7,9-11H2,1-2H3. The minimum absolute atomic E-state index is 0.780. The Hall–Kier alpha value is -0.910. The van der Waals surface area contributed by atoms with Gasteiger partial charge < -0.3 is 9.47 Å². The summed E-state index contributed by atoms with van der Waals surface area (Å²) in [4.78, 5) is 12.1. The van der Waals surface area contributed by atoms with E-state index in [1.807, 2.05) is 17.9 Å². The van der Waals surface area contributed by atoms with Crippen LogP contribution in [-0.4, -0.2) is 76.1 Å². The number of piperazine rings is 1. The number of aryl methyl sites for hydroxylation is 1. The van der Waals surface area contributed by atoms with E-state index in [9.17, 15) is 0 Å². The van der Waals surface area contributed by atoms with Crippen molar-refractivity contribution in [2.45, 2.75) is 19.5 Å². The first-order valence-corrected chi connectivity index (χ1v) is 7.40. The van der Waals surface area contributed by atoms with E-state index >= 15 is 0 Å². The molecule has 106 valence electrons. The highest BCUT2D eigenvalue weighted by molar-refractivity contribution is 4.99. The Morgan fingerprint density at radius 3 is 2.47 bits per heavy atom. The van der Waals surface area contributed by atoms with Crippen LogP contribution >= 0.6 is 0 Å². The van der Waals surface area contributed by atoms with Gasteiger partial charge in [-0.15, -0.1) is 0 Å². The van der Waals surface area contributed by atoms with E-state index in [2.05, 4.69) is 32.8 Å². The number of nitrogens with zero attached hydrogens (tertiary/aromatic N) is 5. The minimum atomic E-state index is 0.780. The van der Waals surface area contributed by atoms with Gasteiger partial charge in [0.05, 0.1) is 12.0 Å². The van der Waals surface area contributed by atoms with Crippen molar-refractivity contribution in [3.63, 3.8) is 0 Å². The summed E-state index contributed by atoms with van der Waals surface area (Å²) in [6.45, 7) is 11.9. The lowest BCUT2D eigenvalue weighted by Crippen LogP contribution is -2.62. The first-order chi connectivity index (χ1) is 9.24. The van der Waals surface area contributed by atoms with Gasteiger partial charge >= 0.3 is 0 Å². The summed E-state index contributed by atoms with van der Waals surface area (Å²) in [7, 11) is 2.03. The fourth-order valence-corrected chi connectivity index (χ4v) is 3.13. The number of hydrogen-bond acceptors (Lipinski definition) is 4. The highest BCUT2D eigenvalue weighted by atomic mass is 15.3. The molecule has 0 atom stereocenters. The van der Waals surface area contributed by atoms with Crippen LogP contribution in [0.3, 0.4) is 0 Å². The third kappa shape index (κ3) is 2.99. The van der Waals surface area contributed by atoms with Crippen molar-refractivity contribution in [1.82, 2.24) is 24.3 Å². The van der Waals surface area contributed by atoms with Gasteiger partial charge in [-0.2, -0.15) is 0 Å². The van der Waals surface area contributed by atoms with Crippen molar-refractivity contribution < 1.29 is 0 Å². The molecule has 5 nitrogen and oxygen atoms in total. The predicted octanol–water partition coefficient (Wildman–Crippen LogP) is 0.242. The molecule has 0 bridgehead atoms. The largest absolute Gasteiger partial charge is 0.340 e. The van der Waals surface area contributed by atoms with Gasteiger partial charge in [-0.1, -0.05) is 6.92 Å². The number of rotatable bonds is 4. The van der Waals surface area contributed by atoms with Crippen molar-refractivity contribution in [1.29, 1.82) is 0 Å². The second-order valence-corrected chi connectivity index (χ2v) is 5.85. The molecule has 0 aromatic carbocycles.